The van der Waals surface area contributed by atoms with E-state index >= 15 is 0 Å². The van der Waals surface area contributed by atoms with E-state index in [4.69, 9.17) is 9.97 Å². The van der Waals surface area contributed by atoms with Crippen LogP contribution in [0.4, 0.5) is 5.82 Å². The molecule has 1 fully saturated rings. The standard InChI is InChI=1S/C16H20BrN3/c1-12-16(19-15-7-3-2-6-14(15)18-12)20-10-4-5-13(11-20)8-9-17/h2-3,6-7,13H,4-5,8-11H2,1H3. The van der Waals surface area contributed by atoms with Crippen molar-refractivity contribution < 1.29 is 0 Å². The predicted molar refractivity (Wildman–Crippen MR) is 87.6 cm³/mol. The molecule has 0 spiro atoms. The fourth-order valence-corrected chi connectivity index (χ4v) is 3.67. The predicted octanol–water partition coefficient (Wildman–Crippen LogP) is 3.94. The van der Waals surface area contributed by atoms with E-state index in [-0.39, 0.29) is 0 Å². The third-order valence-electron chi connectivity index (χ3n) is 4.06. The molecule has 1 aromatic heterocycles. The molecule has 20 heavy (non-hydrogen) atoms. The van der Waals surface area contributed by atoms with E-state index in [9.17, 15) is 0 Å². The van der Waals surface area contributed by atoms with Crippen LogP contribution in [-0.4, -0.2) is 28.4 Å². The van der Waals surface area contributed by atoms with Crippen molar-refractivity contribution in [2.24, 2.45) is 5.92 Å². The lowest BCUT2D eigenvalue weighted by Gasteiger charge is -2.34. The zero-order valence-electron chi connectivity index (χ0n) is 11.8. The third kappa shape index (κ3) is 2.80. The van der Waals surface area contributed by atoms with Crippen molar-refractivity contribution >= 4 is 32.8 Å². The number of para-hydroxylation sites is 2. The molecule has 0 aliphatic carbocycles. The summed E-state index contributed by atoms with van der Waals surface area (Å²) in [6.45, 7) is 4.29. The van der Waals surface area contributed by atoms with Crippen molar-refractivity contribution in [3.8, 4) is 0 Å². The Kier molecular flexibility index (Phi) is 4.20. The summed E-state index contributed by atoms with van der Waals surface area (Å²) in [6, 6.07) is 8.12. The number of anilines is 1. The summed E-state index contributed by atoms with van der Waals surface area (Å²) >= 11 is 3.56. The van der Waals surface area contributed by atoms with Crippen LogP contribution in [0, 0.1) is 12.8 Å². The largest absolute Gasteiger partial charge is 0.355 e. The smallest absolute Gasteiger partial charge is 0.150 e. The highest BCUT2D eigenvalue weighted by molar-refractivity contribution is 9.09. The fourth-order valence-electron chi connectivity index (χ4n) is 3.03. The van der Waals surface area contributed by atoms with Crippen molar-refractivity contribution in [3.63, 3.8) is 0 Å². The number of alkyl halides is 1. The van der Waals surface area contributed by atoms with Crippen LogP contribution in [0.3, 0.4) is 0 Å². The molecule has 0 N–H and O–H groups in total. The maximum atomic E-state index is 4.84. The maximum absolute atomic E-state index is 4.84. The molecular weight excluding hydrogens is 314 g/mol. The summed E-state index contributed by atoms with van der Waals surface area (Å²) in [5.41, 5.74) is 3.03. The molecule has 1 saturated heterocycles. The Morgan fingerprint density at radius 1 is 1.25 bits per heavy atom. The van der Waals surface area contributed by atoms with Gasteiger partial charge in [-0.2, -0.15) is 0 Å². The first-order valence-electron chi connectivity index (χ1n) is 7.32. The molecule has 1 aromatic carbocycles. The summed E-state index contributed by atoms with van der Waals surface area (Å²) in [4.78, 5) is 12.0. The van der Waals surface area contributed by atoms with Crippen LogP contribution < -0.4 is 4.90 Å². The highest BCUT2D eigenvalue weighted by atomic mass is 79.9. The van der Waals surface area contributed by atoms with Gasteiger partial charge in [-0.3, -0.25) is 0 Å². The molecule has 1 atom stereocenters. The van der Waals surface area contributed by atoms with Crippen LogP contribution in [0.5, 0.6) is 0 Å². The van der Waals surface area contributed by atoms with Gasteiger partial charge in [0.1, 0.15) is 0 Å². The van der Waals surface area contributed by atoms with Gasteiger partial charge in [0.05, 0.1) is 16.7 Å². The number of aryl methyl sites for hydroxylation is 1. The lowest BCUT2D eigenvalue weighted by Crippen LogP contribution is -2.36. The normalized spacial score (nSPS) is 19.5. The molecule has 3 nitrogen and oxygen atoms in total. The Morgan fingerprint density at radius 3 is 2.75 bits per heavy atom. The second-order valence-corrected chi connectivity index (χ2v) is 6.35. The molecule has 3 rings (SSSR count). The molecular formula is C16H20BrN3. The summed E-state index contributed by atoms with van der Waals surface area (Å²) in [6.07, 6.45) is 3.84. The van der Waals surface area contributed by atoms with Gasteiger partial charge < -0.3 is 4.90 Å². The number of hydrogen-bond acceptors (Lipinski definition) is 3. The number of hydrogen-bond donors (Lipinski definition) is 0. The zero-order chi connectivity index (χ0) is 13.9. The fraction of sp³-hybridized carbons (Fsp3) is 0.500. The highest BCUT2D eigenvalue weighted by Crippen LogP contribution is 2.27. The van der Waals surface area contributed by atoms with E-state index in [0.717, 1.165) is 46.9 Å². The van der Waals surface area contributed by atoms with Crippen LogP contribution in [0.2, 0.25) is 0 Å². The van der Waals surface area contributed by atoms with Crippen LogP contribution in [0.1, 0.15) is 25.0 Å². The number of halogens is 1. The summed E-state index contributed by atoms with van der Waals surface area (Å²) in [7, 11) is 0. The molecule has 2 aromatic rings. The Morgan fingerprint density at radius 2 is 2.00 bits per heavy atom. The molecule has 0 radical (unpaired) electrons. The van der Waals surface area contributed by atoms with Gasteiger partial charge in [0.25, 0.3) is 0 Å². The summed E-state index contributed by atoms with van der Waals surface area (Å²) in [5, 5.41) is 1.09. The minimum Gasteiger partial charge on any atom is -0.355 e. The molecule has 106 valence electrons. The molecule has 0 amide bonds. The van der Waals surface area contributed by atoms with Crippen LogP contribution in [-0.2, 0) is 0 Å². The Bertz CT molecular complexity index is 597. The van der Waals surface area contributed by atoms with Crippen molar-refractivity contribution in [1.29, 1.82) is 0 Å². The summed E-state index contributed by atoms with van der Waals surface area (Å²) in [5.74, 6) is 1.85. The van der Waals surface area contributed by atoms with Gasteiger partial charge in [0.2, 0.25) is 0 Å². The maximum Gasteiger partial charge on any atom is 0.150 e. The van der Waals surface area contributed by atoms with E-state index in [1.807, 2.05) is 24.3 Å². The number of aromatic nitrogens is 2. The number of piperidine rings is 1. The van der Waals surface area contributed by atoms with Crippen molar-refractivity contribution in [1.82, 2.24) is 9.97 Å². The number of nitrogens with zero attached hydrogens (tertiary/aromatic N) is 3. The highest BCUT2D eigenvalue weighted by Gasteiger charge is 2.22. The van der Waals surface area contributed by atoms with E-state index in [1.165, 1.54) is 19.3 Å². The second-order valence-electron chi connectivity index (χ2n) is 5.55. The van der Waals surface area contributed by atoms with E-state index in [0.29, 0.717) is 0 Å². The molecule has 1 unspecified atom stereocenters. The van der Waals surface area contributed by atoms with Crippen molar-refractivity contribution in [2.75, 3.05) is 23.3 Å². The number of rotatable bonds is 3. The Balaban J connectivity index is 1.90. The molecule has 1 aliphatic rings. The first-order valence-corrected chi connectivity index (χ1v) is 8.44. The van der Waals surface area contributed by atoms with Gasteiger partial charge in [0.15, 0.2) is 5.82 Å². The average Bonchev–Trinajstić information content (AvgIpc) is 2.47. The Hall–Kier alpha value is -1.16. The first kappa shape index (κ1) is 13.8. The number of benzene rings is 1. The lowest BCUT2D eigenvalue weighted by atomic mass is 9.95. The minimum atomic E-state index is 0.774. The monoisotopic (exact) mass is 333 g/mol. The topological polar surface area (TPSA) is 29.0 Å². The first-order chi connectivity index (χ1) is 9.78. The van der Waals surface area contributed by atoms with E-state index < -0.39 is 0 Å². The van der Waals surface area contributed by atoms with Gasteiger partial charge in [-0.15, -0.1) is 0 Å². The minimum absolute atomic E-state index is 0.774. The second kappa shape index (κ2) is 6.08. The van der Waals surface area contributed by atoms with Gasteiger partial charge >= 0.3 is 0 Å². The van der Waals surface area contributed by atoms with Gasteiger partial charge in [-0.1, -0.05) is 28.1 Å². The van der Waals surface area contributed by atoms with Crippen LogP contribution in [0.15, 0.2) is 24.3 Å². The summed E-state index contributed by atoms with van der Waals surface area (Å²) < 4.78 is 0. The van der Waals surface area contributed by atoms with E-state index in [2.05, 4.69) is 27.8 Å². The SMILES string of the molecule is Cc1nc2ccccc2nc1N1CCCC(CCBr)C1. The van der Waals surface area contributed by atoms with Crippen LogP contribution >= 0.6 is 15.9 Å². The van der Waals surface area contributed by atoms with Gasteiger partial charge in [-0.05, 0) is 44.2 Å². The number of fused-ring (bicyclic) bond motifs is 1. The third-order valence-corrected chi connectivity index (χ3v) is 4.51. The Labute approximate surface area is 128 Å². The molecule has 1 aliphatic heterocycles. The van der Waals surface area contributed by atoms with Gasteiger partial charge in [-0.25, -0.2) is 9.97 Å². The van der Waals surface area contributed by atoms with Gasteiger partial charge in [0, 0.05) is 18.4 Å². The quantitative estimate of drug-likeness (QED) is 0.796. The van der Waals surface area contributed by atoms with Crippen molar-refractivity contribution in [2.45, 2.75) is 26.2 Å². The molecule has 4 heteroatoms. The molecule has 2 heterocycles. The zero-order valence-corrected chi connectivity index (χ0v) is 13.4. The van der Waals surface area contributed by atoms with Crippen molar-refractivity contribution in [3.05, 3.63) is 30.0 Å². The van der Waals surface area contributed by atoms with E-state index in [1.54, 1.807) is 0 Å². The average molecular weight is 334 g/mol. The molecule has 0 saturated carbocycles. The lowest BCUT2D eigenvalue weighted by molar-refractivity contribution is 0.405. The van der Waals surface area contributed by atoms with Crippen LogP contribution in [0.25, 0.3) is 11.0 Å². The molecule has 0 bridgehead atoms.